The second-order valence-corrected chi connectivity index (χ2v) is 5.71. The molecule has 0 radical (unpaired) electrons. The van der Waals surface area contributed by atoms with Gasteiger partial charge in [-0.1, -0.05) is 18.2 Å². The van der Waals surface area contributed by atoms with Gasteiger partial charge < -0.3 is 10.2 Å². The Morgan fingerprint density at radius 3 is 2.54 bits per heavy atom. The van der Waals surface area contributed by atoms with Gasteiger partial charge in [-0.3, -0.25) is 9.78 Å². The van der Waals surface area contributed by atoms with Crippen molar-refractivity contribution in [1.82, 2.24) is 4.98 Å². The number of carboxylic acids is 1. The van der Waals surface area contributed by atoms with Crippen molar-refractivity contribution in [2.45, 2.75) is 6.42 Å². The third-order valence-electron chi connectivity index (χ3n) is 3.94. The third kappa shape index (κ3) is 3.44. The lowest BCUT2D eigenvalue weighted by molar-refractivity contribution is -0.104. The average molecular weight is 351 g/mol. The summed E-state index contributed by atoms with van der Waals surface area (Å²) in [6.07, 6.45) is 5.30. The molecule has 0 unspecified atom stereocenters. The van der Waals surface area contributed by atoms with Crippen LogP contribution in [0, 0.1) is 5.82 Å². The van der Waals surface area contributed by atoms with Crippen LogP contribution in [0.25, 0.3) is 17.0 Å². The summed E-state index contributed by atoms with van der Waals surface area (Å²) in [5.41, 5.74) is 1.98. The molecule has 130 valence electrons. The number of halogens is 1. The number of phenols is 1. The van der Waals surface area contributed by atoms with Crippen LogP contribution in [-0.2, 0) is 11.2 Å². The maximum absolute atomic E-state index is 13.0. The molecule has 0 saturated carbocycles. The van der Waals surface area contributed by atoms with Gasteiger partial charge in [-0.25, -0.2) is 9.18 Å². The normalized spacial score (nSPS) is 11.1. The van der Waals surface area contributed by atoms with Crippen LogP contribution in [0.15, 0.2) is 48.7 Å². The van der Waals surface area contributed by atoms with Crippen LogP contribution in [0.3, 0.4) is 0 Å². The molecule has 0 fully saturated rings. The highest BCUT2D eigenvalue weighted by Gasteiger charge is 2.17. The molecule has 3 aromatic rings. The molecule has 0 saturated heterocycles. The Hall–Kier alpha value is -3.54. The molecule has 2 aromatic carbocycles. The SMILES string of the molecule is O=C/C=C/c1cc(C(=O)O)c(O)c2ncc(Cc3ccc(F)cc3)cc12. The van der Waals surface area contributed by atoms with Gasteiger partial charge in [0.15, 0.2) is 5.75 Å². The number of carbonyl (C=O) groups is 2. The molecule has 0 amide bonds. The number of rotatable bonds is 5. The number of carbonyl (C=O) groups excluding carboxylic acids is 1. The van der Waals surface area contributed by atoms with Gasteiger partial charge in [0.1, 0.15) is 23.2 Å². The van der Waals surface area contributed by atoms with E-state index in [1.165, 1.54) is 36.5 Å². The number of benzene rings is 2. The first-order valence-corrected chi connectivity index (χ1v) is 7.74. The van der Waals surface area contributed by atoms with E-state index in [0.717, 1.165) is 11.1 Å². The lowest BCUT2D eigenvalue weighted by Gasteiger charge is -2.10. The molecule has 5 nitrogen and oxygen atoms in total. The summed E-state index contributed by atoms with van der Waals surface area (Å²) in [5, 5.41) is 20.0. The quantitative estimate of drug-likeness (QED) is 0.542. The molecule has 26 heavy (non-hydrogen) atoms. The summed E-state index contributed by atoms with van der Waals surface area (Å²) < 4.78 is 13.0. The highest BCUT2D eigenvalue weighted by Crippen LogP contribution is 2.32. The van der Waals surface area contributed by atoms with Crippen molar-refractivity contribution in [3.8, 4) is 5.75 Å². The van der Waals surface area contributed by atoms with Gasteiger partial charge in [0.05, 0.1) is 0 Å². The van der Waals surface area contributed by atoms with Crippen molar-refractivity contribution in [1.29, 1.82) is 0 Å². The maximum Gasteiger partial charge on any atom is 0.339 e. The fourth-order valence-electron chi connectivity index (χ4n) is 2.72. The summed E-state index contributed by atoms with van der Waals surface area (Å²) >= 11 is 0. The van der Waals surface area contributed by atoms with E-state index in [9.17, 15) is 24.2 Å². The highest BCUT2D eigenvalue weighted by atomic mass is 19.1. The molecule has 0 aliphatic rings. The Bertz CT molecular complexity index is 1030. The number of carboxylic acid groups (broad SMARTS) is 1. The van der Waals surface area contributed by atoms with Crippen LogP contribution in [0.1, 0.15) is 27.0 Å². The second-order valence-electron chi connectivity index (χ2n) is 5.71. The number of aromatic nitrogens is 1. The monoisotopic (exact) mass is 351 g/mol. The minimum absolute atomic E-state index is 0.137. The van der Waals surface area contributed by atoms with E-state index in [1.807, 2.05) is 0 Å². The summed E-state index contributed by atoms with van der Waals surface area (Å²) in [7, 11) is 0. The second kappa shape index (κ2) is 7.14. The number of hydrogen-bond acceptors (Lipinski definition) is 4. The molecule has 0 aliphatic carbocycles. The van der Waals surface area contributed by atoms with Crippen molar-refractivity contribution in [3.63, 3.8) is 0 Å². The summed E-state index contributed by atoms with van der Waals surface area (Å²) in [6.45, 7) is 0. The molecule has 0 aliphatic heterocycles. The predicted molar refractivity (Wildman–Crippen MR) is 94.7 cm³/mol. The smallest absolute Gasteiger partial charge is 0.339 e. The van der Waals surface area contributed by atoms with Gasteiger partial charge in [0.25, 0.3) is 0 Å². The molecule has 1 aromatic heterocycles. The molecule has 3 rings (SSSR count). The van der Waals surface area contributed by atoms with E-state index >= 15 is 0 Å². The lowest BCUT2D eigenvalue weighted by atomic mass is 9.99. The van der Waals surface area contributed by atoms with Gasteiger partial charge in [-0.15, -0.1) is 0 Å². The van der Waals surface area contributed by atoms with Gasteiger partial charge in [-0.05, 0) is 53.5 Å². The number of aromatic carboxylic acids is 1. The molecule has 1 heterocycles. The van der Waals surface area contributed by atoms with Crippen LogP contribution in [-0.4, -0.2) is 27.5 Å². The summed E-state index contributed by atoms with van der Waals surface area (Å²) in [6, 6.07) is 9.13. The summed E-state index contributed by atoms with van der Waals surface area (Å²) in [4.78, 5) is 26.1. The minimum Gasteiger partial charge on any atom is -0.505 e. The van der Waals surface area contributed by atoms with Crippen molar-refractivity contribution >= 4 is 29.2 Å². The van der Waals surface area contributed by atoms with E-state index in [1.54, 1.807) is 18.2 Å². The lowest BCUT2D eigenvalue weighted by Crippen LogP contribution is -2.00. The van der Waals surface area contributed by atoms with Crippen molar-refractivity contribution < 1.29 is 24.2 Å². The van der Waals surface area contributed by atoms with Gasteiger partial charge in [-0.2, -0.15) is 0 Å². The zero-order chi connectivity index (χ0) is 18.7. The number of hydrogen-bond donors (Lipinski definition) is 2. The highest BCUT2D eigenvalue weighted by molar-refractivity contribution is 6.03. The first kappa shape index (κ1) is 17.3. The predicted octanol–water partition coefficient (Wildman–Crippen LogP) is 3.58. The molecule has 2 N–H and O–H groups in total. The van der Waals surface area contributed by atoms with Crippen LogP contribution in [0.2, 0.25) is 0 Å². The number of aldehydes is 1. The standard InChI is InChI=1S/C20H14FNO4/c21-15-5-3-12(4-6-15)8-13-9-16-14(2-1-7-23)10-17(20(25)26)19(24)18(16)22-11-13/h1-7,9-11,24H,8H2,(H,25,26)/b2-1+. The first-order valence-electron chi connectivity index (χ1n) is 7.74. The molecule has 0 spiro atoms. The van der Waals surface area contributed by atoms with Crippen molar-refractivity contribution in [2.75, 3.05) is 0 Å². The van der Waals surface area contributed by atoms with Crippen molar-refractivity contribution in [2.24, 2.45) is 0 Å². The molecule has 6 heteroatoms. The van der Waals surface area contributed by atoms with Crippen LogP contribution in [0.4, 0.5) is 4.39 Å². The first-order chi connectivity index (χ1) is 12.5. The summed E-state index contributed by atoms with van der Waals surface area (Å²) in [5.74, 6) is -2.04. The Morgan fingerprint density at radius 1 is 1.15 bits per heavy atom. The number of pyridine rings is 1. The van der Waals surface area contributed by atoms with Crippen LogP contribution >= 0.6 is 0 Å². The Labute approximate surface area is 148 Å². The van der Waals surface area contributed by atoms with E-state index in [0.29, 0.717) is 23.7 Å². The van der Waals surface area contributed by atoms with Crippen LogP contribution in [0.5, 0.6) is 5.75 Å². The van der Waals surface area contributed by atoms with E-state index < -0.39 is 11.7 Å². The average Bonchev–Trinajstić information content (AvgIpc) is 2.63. The number of allylic oxidation sites excluding steroid dienone is 1. The third-order valence-corrected chi connectivity index (χ3v) is 3.94. The van der Waals surface area contributed by atoms with E-state index in [4.69, 9.17) is 0 Å². The van der Waals surface area contributed by atoms with Gasteiger partial charge >= 0.3 is 5.97 Å². The fraction of sp³-hybridized carbons (Fsp3) is 0.0500. The maximum atomic E-state index is 13.0. The minimum atomic E-state index is -1.29. The fourth-order valence-corrected chi connectivity index (χ4v) is 2.72. The molecular formula is C20H14FNO4. The number of nitrogens with zero attached hydrogens (tertiary/aromatic N) is 1. The van der Waals surface area contributed by atoms with Gasteiger partial charge in [0, 0.05) is 11.6 Å². The topological polar surface area (TPSA) is 87.5 Å². The number of aromatic hydroxyl groups is 1. The zero-order valence-electron chi connectivity index (χ0n) is 13.5. The molecule has 0 atom stereocenters. The van der Waals surface area contributed by atoms with Crippen molar-refractivity contribution in [3.05, 3.63) is 76.7 Å². The number of fused-ring (bicyclic) bond motifs is 1. The molecular weight excluding hydrogens is 337 g/mol. The Balaban J connectivity index is 2.13. The largest absolute Gasteiger partial charge is 0.505 e. The van der Waals surface area contributed by atoms with Crippen LogP contribution < -0.4 is 0 Å². The van der Waals surface area contributed by atoms with E-state index in [-0.39, 0.29) is 16.9 Å². The molecule has 0 bridgehead atoms. The zero-order valence-corrected chi connectivity index (χ0v) is 13.5. The Kier molecular flexibility index (Phi) is 4.75. The van der Waals surface area contributed by atoms with E-state index in [2.05, 4.69) is 4.98 Å². The Morgan fingerprint density at radius 2 is 1.88 bits per heavy atom. The van der Waals surface area contributed by atoms with Gasteiger partial charge in [0.2, 0.25) is 0 Å².